The fourth-order valence-corrected chi connectivity index (χ4v) is 5.23. The first-order valence-electron chi connectivity index (χ1n) is 12.4. The fourth-order valence-electron chi connectivity index (χ4n) is 5.23. The first-order valence-corrected chi connectivity index (χ1v) is 12.4. The van der Waals surface area contributed by atoms with Crippen molar-refractivity contribution < 1.29 is 19.1 Å². The highest BCUT2D eigenvalue weighted by molar-refractivity contribution is 5.80. The van der Waals surface area contributed by atoms with E-state index < -0.39 is 0 Å². The lowest BCUT2D eigenvalue weighted by atomic mass is 10.0. The molecule has 2 aliphatic heterocycles. The number of ether oxygens (including phenoxy) is 2. The minimum atomic E-state index is -0.0478. The average Bonchev–Trinajstić information content (AvgIpc) is 3.66. The van der Waals surface area contributed by atoms with Gasteiger partial charge in [0.2, 0.25) is 0 Å². The van der Waals surface area contributed by atoms with E-state index in [-0.39, 0.29) is 36.9 Å². The fraction of sp³-hybridized carbons (Fsp3) is 0.286. The van der Waals surface area contributed by atoms with Gasteiger partial charge in [0.25, 0.3) is 11.8 Å². The number of rotatable bonds is 7. The molecule has 2 amide bonds. The van der Waals surface area contributed by atoms with Crippen LogP contribution in [0.25, 0.3) is 22.2 Å². The van der Waals surface area contributed by atoms with Crippen molar-refractivity contribution in [2.24, 2.45) is 11.8 Å². The Hall–Kier alpha value is -4.40. The van der Waals surface area contributed by atoms with Crippen LogP contribution < -0.4 is 9.47 Å². The van der Waals surface area contributed by atoms with E-state index in [9.17, 15) is 9.59 Å². The molecule has 37 heavy (non-hydrogen) atoms. The van der Waals surface area contributed by atoms with E-state index in [1.54, 1.807) is 12.1 Å². The SMILES string of the molecule is O=C(COc1ccc2[nH]nnc2c1)N1C[C@H]2CN(C(=O)COc3ccccc3-c3ccccc3)C[C@@H]2C1. The number of benzene rings is 3. The van der Waals surface area contributed by atoms with Gasteiger partial charge in [-0.05, 0) is 23.8 Å². The van der Waals surface area contributed by atoms with Crippen molar-refractivity contribution in [1.82, 2.24) is 25.2 Å². The molecule has 9 heteroatoms. The molecule has 3 heterocycles. The minimum absolute atomic E-state index is 0.00433. The van der Waals surface area contributed by atoms with Gasteiger partial charge in [0.05, 0.1) is 5.52 Å². The summed E-state index contributed by atoms with van der Waals surface area (Å²) in [6, 6.07) is 23.1. The quantitative estimate of drug-likeness (QED) is 0.421. The van der Waals surface area contributed by atoms with E-state index in [4.69, 9.17) is 9.47 Å². The van der Waals surface area contributed by atoms with Crippen LogP contribution in [0.5, 0.6) is 11.5 Å². The summed E-state index contributed by atoms with van der Waals surface area (Å²) in [4.78, 5) is 29.4. The highest BCUT2D eigenvalue weighted by Gasteiger charge is 2.43. The summed E-state index contributed by atoms with van der Waals surface area (Å²) in [6.45, 7) is 2.52. The molecule has 2 aliphatic rings. The Morgan fingerprint density at radius 2 is 1.46 bits per heavy atom. The Morgan fingerprint density at radius 1 is 0.811 bits per heavy atom. The summed E-state index contributed by atoms with van der Waals surface area (Å²) in [5.74, 6) is 1.75. The number of nitrogens with one attached hydrogen (secondary N) is 1. The highest BCUT2D eigenvalue weighted by Crippen LogP contribution is 2.32. The smallest absolute Gasteiger partial charge is 0.260 e. The zero-order chi connectivity index (χ0) is 25.2. The van der Waals surface area contributed by atoms with Crippen LogP contribution in [0.2, 0.25) is 0 Å². The largest absolute Gasteiger partial charge is 0.484 e. The number of nitrogens with zero attached hydrogens (tertiary/aromatic N) is 4. The number of carbonyl (C=O) groups is 2. The van der Waals surface area contributed by atoms with Crippen molar-refractivity contribution in [3.05, 3.63) is 72.8 Å². The number of aromatic amines is 1. The van der Waals surface area contributed by atoms with Crippen LogP contribution in [0.3, 0.4) is 0 Å². The van der Waals surface area contributed by atoms with Crippen LogP contribution in [-0.4, -0.2) is 76.4 Å². The number of hydrogen-bond acceptors (Lipinski definition) is 6. The highest BCUT2D eigenvalue weighted by atomic mass is 16.5. The number of hydrogen-bond donors (Lipinski definition) is 1. The van der Waals surface area contributed by atoms with Crippen molar-refractivity contribution in [1.29, 1.82) is 0 Å². The molecule has 0 aliphatic carbocycles. The average molecular weight is 498 g/mol. The van der Waals surface area contributed by atoms with Crippen molar-refractivity contribution in [2.75, 3.05) is 39.4 Å². The molecule has 2 fully saturated rings. The van der Waals surface area contributed by atoms with Gasteiger partial charge in [-0.15, -0.1) is 5.10 Å². The second-order valence-electron chi connectivity index (χ2n) is 9.55. The number of para-hydroxylation sites is 1. The van der Waals surface area contributed by atoms with Gasteiger partial charge in [0.15, 0.2) is 13.2 Å². The molecule has 2 saturated heterocycles. The molecule has 0 radical (unpaired) electrons. The molecule has 0 spiro atoms. The monoisotopic (exact) mass is 497 g/mol. The van der Waals surface area contributed by atoms with E-state index >= 15 is 0 Å². The van der Waals surface area contributed by atoms with E-state index in [0.717, 1.165) is 16.6 Å². The van der Waals surface area contributed by atoms with Gasteiger partial charge in [0.1, 0.15) is 17.0 Å². The number of carbonyl (C=O) groups excluding carboxylic acids is 2. The van der Waals surface area contributed by atoms with E-state index in [1.165, 1.54) is 0 Å². The maximum Gasteiger partial charge on any atom is 0.260 e. The molecule has 1 N–H and O–H groups in total. The lowest BCUT2D eigenvalue weighted by Crippen LogP contribution is -2.39. The second kappa shape index (κ2) is 9.93. The third kappa shape index (κ3) is 4.84. The Labute approximate surface area is 214 Å². The predicted octanol–water partition coefficient (Wildman–Crippen LogP) is 3.00. The Bertz CT molecular complexity index is 1410. The summed E-state index contributed by atoms with van der Waals surface area (Å²) in [5, 5.41) is 10.5. The van der Waals surface area contributed by atoms with Crippen molar-refractivity contribution in [2.45, 2.75) is 0 Å². The molecule has 0 saturated carbocycles. The molecule has 0 bridgehead atoms. The molecule has 6 rings (SSSR count). The summed E-state index contributed by atoms with van der Waals surface area (Å²) in [6.07, 6.45) is 0. The maximum atomic E-state index is 12.9. The Kier molecular flexibility index (Phi) is 6.18. The van der Waals surface area contributed by atoms with E-state index in [0.29, 0.717) is 43.2 Å². The van der Waals surface area contributed by atoms with Crippen LogP contribution in [0.4, 0.5) is 0 Å². The molecule has 4 aromatic rings. The van der Waals surface area contributed by atoms with Gasteiger partial charge >= 0.3 is 0 Å². The number of H-pyrrole nitrogens is 1. The first-order chi connectivity index (χ1) is 18.1. The molecule has 0 unspecified atom stereocenters. The van der Waals surface area contributed by atoms with Gasteiger partial charge in [0, 0.05) is 49.6 Å². The van der Waals surface area contributed by atoms with E-state index in [2.05, 4.69) is 15.4 Å². The van der Waals surface area contributed by atoms with E-state index in [1.807, 2.05) is 70.5 Å². The van der Waals surface area contributed by atoms with Crippen molar-refractivity contribution in [3.63, 3.8) is 0 Å². The third-order valence-corrected chi connectivity index (χ3v) is 7.17. The molecule has 9 nitrogen and oxygen atoms in total. The predicted molar refractivity (Wildman–Crippen MR) is 137 cm³/mol. The summed E-state index contributed by atoms with van der Waals surface area (Å²) < 4.78 is 11.7. The zero-order valence-electron chi connectivity index (χ0n) is 20.2. The van der Waals surface area contributed by atoms with Crippen LogP contribution in [0.1, 0.15) is 0 Å². The Morgan fingerprint density at radius 3 is 2.19 bits per heavy atom. The van der Waals surface area contributed by atoms with Gasteiger partial charge in [-0.2, -0.15) is 0 Å². The van der Waals surface area contributed by atoms with Crippen molar-refractivity contribution >= 4 is 22.8 Å². The maximum absolute atomic E-state index is 12.9. The standard InChI is InChI=1S/C28H27N5O4/c34-27(17-36-22-10-11-24-25(12-22)30-31-29-24)32-13-20-15-33(16-21(20)14-32)28(35)18-37-26-9-5-4-8-23(26)19-6-2-1-3-7-19/h1-12,20-21H,13-18H2,(H,29,30,31)/t20-,21-/m0/s1. The number of amides is 2. The van der Waals surface area contributed by atoms with Crippen LogP contribution in [0.15, 0.2) is 72.8 Å². The van der Waals surface area contributed by atoms with Gasteiger partial charge in [-0.25, -0.2) is 0 Å². The lowest BCUT2D eigenvalue weighted by molar-refractivity contribution is -0.133. The number of aromatic nitrogens is 3. The number of likely N-dealkylation sites (tertiary alicyclic amines) is 2. The number of fused-ring (bicyclic) bond motifs is 2. The second-order valence-corrected chi connectivity index (χ2v) is 9.55. The Balaban J connectivity index is 0.991. The molecule has 2 atom stereocenters. The van der Waals surface area contributed by atoms with Gasteiger partial charge < -0.3 is 19.3 Å². The molecule has 3 aromatic carbocycles. The van der Waals surface area contributed by atoms with Crippen LogP contribution in [-0.2, 0) is 9.59 Å². The molecule has 188 valence electrons. The summed E-state index contributed by atoms with van der Waals surface area (Å²) >= 11 is 0. The normalized spacial score (nSPS) is 18.7. The van der Waals surface area contributed by atoms with Crippen molar-refractivity contribution in [3.8, 4) is 22.6 Å². The molecular weight excluding hydrogens is 470 g/mol. The lowest BCUT2D eigenvalue weighted by Gasteiger charge is -2.22. The van der Waals surface area contributed by atoms with Crippen LogP contribution in [0, 0.1) is 11.8 Å². The van der Waals surface area contributed by atoms with Gasteiger partial charge in [-0.3, -0.25) is 14.7 Å². The molecule has 1 aromatic heterocycles. The third-order valence-electron chi connectivity index (χ3n) is 7.17. The first kappa shape index (κ1) is 23.0. The summed E-state index contributed by atoms with van der Waals surface area (Å²) in [5.41, 5.74) is 3.52. The van der Waals surface area contributed by atoms with Gasteiger partial charge in [-0.1, -0.05) is 53.7 Å². The minimum Gasteiger partial charge on any atom is -0.484 e. The summed E-state index contributed by atoms with van der Waals surface area (Å²) in [7, 11) is 0. The van der Waals surface area contributed by atoms with Crippen LogP contribution >= 0.6 is 0 Å². The topological polar surface area (TPSA) is 101 Å². The zero-order valence-corrected chi connectivity index (χ0v) is 20.2. The molecular formula is C28H27N5O4.